The van der Waals surface area contributed by atoms with Crippen LogP contribution in [0, 0.1) is 0 Å². The smallest absolute Gasteiger partial charge is 0.120 e. The molecule has 1 aliphatic heterocycles. The molecule has 6 heteroatoms. The third-order valence-electron chi connectivity index (χ3n) is 5.78. The third-order valence-corrected chi connectivity index (χ3v) is 5.78. The molecule has 0 radical (unpaired) electrons. The number of aliphatic hydroxyl groups is 1. The van der Waals surface area contributed by atoms with Gasteiger partial charge in [-0.25, -0.2) is 0 Å². The van der Waals surface area contributed by atoms with Gasteiger partial charge in [-0.2, -0.15) is 0 Å². The summed E-state index contributed by atoms with van der Waals surface area (Å²) < 4.78 is 8.25. The van der Waals surface area contributed by atoms with Crippen LogP contribution in [0.2, 0.25) is 0 Å². The highest BCUT2D eigenvalue weighted by atomic mass is 16.5. The summed E-state index contributed by atoms with van der Waals surface area (Å²) in [6, 6.07) is 10.0. The first kappa shape index (κ1) is 20.8. The van der Waals surface area contributed by atoms with Crippen molar-refractivity contribution in [3.8, 4) is 5.75 Å². The number of pyridine rings is 1. The predicted molar refractivity (Wildman–Crippen MR) is 120 cm³/mol. The van der Waals surface area contributed by atoms with Crippen molar-refractivity contribution in [2.45, 2.75) is 51.4 Å². The fourth-order valence-electron chi connectivity index (χ4n) is 4.18. The van der Waals surface area contributed by atoms with Crippen LogP contribution in [-0.4, -0.2) is 45.3 Å². The summed E-state index contributed by atoms with van der Waals surface area (Å²) in [5.41, 5.74) is 9.24. The van der Waals surface area contributed by atoms with Crippen molar-refractivity contribution in [2.75, 3.05) is 20.2 Å². The van der Waals surface area contributed by atoms with Gasteiger partial charge in [-0.15, -0.1) is 0 Å². The Hall–Kier alpha value is -2.41. The fraction of sp³-hybridized carbons (Fsp3) is 0.458. The van der Waals surface area contributed by atoms with E-state index < -0.39 is 5.60 Å². The zero-order valence-corrected chi connectivity index (χ0v) is 18.4. The van der Waals surface area contributed by atoms with E-state index in [1.807, 2.05) is 39.0 Å². The average molecular weight is 409 g/mol. The Kier molecular flexibility index (Phi) is 5.34. The quantitative estimate of drug-likeness (QED) is 0.656. The van der Waals surface area contributed by atoms with E-state index in [0.717, 1.165) is 36.3 Å². The number of nitrogens with zero attached hydrogens (tertiary/aromatic N) is 3. The second-order valence-corrected chi connectivity index (χ2v) is 9.47. The molecule has 3 heterocycles. The second kappa shape index (κ2) is 7.69. The molecule has 0 saturated heterocycles. The normalized spacial score (nSPS) is 17.0. The molecule has 3 aromatic rings. The van der Waals surface area contributed by atoms with Gasteiger partial charge in [0.15, 0.2) is 0 Å². The lowest BCUT2D eigenvalue weighted by Gasteiger charge is -2.28. The molecular weight excluding hydrogens is 376 g/mol. The van der Waals surface area contributed by atoms with Gasteiger partial charge in [0.25, 0.3) is 0 Å². The standard InChI is InChI=1S/C24H32N4O2/c1-23(2,25)16-30-18-7-8-21-19(12-18)20-14-27(4)11-9-22(20)28(21)15-24(3,29)17-6-5-10-26-13-17/h5-8,10,12-13,29H,9,11,14-16,25H2,1-4H3. The zero-order chi connectivity index (χ0) is 21.5. The molecule has 2 aromatic heterocycles. The first-order valence-electron chi connectivity index (χ1n) is 10.5. The van der Waals surface area contributed by atoms with Crippen LogP contribution in [0.4, 0.5) is 0 Å². The molecule has 0 aliphatic carbocycles. The molecule has 1 unspecified atom stereocenters. The van der Waals surface area contributed by atoms with E-state index in [1.165, 1.54) is 16.6 Å². The van der Waals surface area contributed by atoms with Crippen LogP contribution in [-0.2, 0) is 25.1 Å². The molecule has 1 aromatic carbocycles. The van der Waals surface area contributed by atoms with Gasteiger partial charge in [0, 0.05) is 59.6 Å². The Morgan fingerprint density at radius 1 is 1.23 bits per heavy atom. The van der Waals surface area contributed by atoms with E-state index >= 15 is 0 Å². The fourth-order valence-corrected chi connectivity index (χ4v) is 4.18. The minimum absolute atomic E-state index is 0.386. The Morgan fingerprint density at radius 2 is 2.03 bits per heavy atom. The van der Waals surface area contributed by atoms with E-state index in [4.69, 9.17) is 10.5 Å². The zero-order valence-electron chi connectivity index (χ0n) is 18.4. The van der Waals surface area contributed by atoms with E-state index in [-0.39, 0.29) is 5.54 Å². The van der Waals surface area contributed by atoms with E-state index in [0.29, 0.717) is 13.2 Å². The summed E-state index contributed by atoms with van der Waals surface area (Å²) in [5, 5.41) is 12.5. The maximum Gasteiger partial charge on any atom is 0.120 e. The number of ether oxygens (including phenoxy) is 1. The highest BCUT2D eigenvalue weighted by Gasteiger charge is 2.29. The highest BCUT2D eigenvalue weighted by Crippen LogP contribution is 2.35. The summed E-state index contributed by atoms with van der Waals surface area (Å²) in [7, 11) is 2.15. The topological polar surface area (TPSA) is 76.5 Å². The van der Waals surface area contributed by atoms with Crippen LogP contribution in [0.5, 0.6) is 5.75 Å². The summed E-state index contributed by atoms with van der Waals surface area (Å²) in [6.07, 6.45) is 4.43. The minimum atomic E-state index is -1.02. The number of benzene rings is 1. The number of nitrogens with two attached hydrogens (primary N) is 1. The van der Waals surface area contributed by atoms with Crippen LogP contribution in [0.1, 0.15) is 37.6 Å². The van der Waals surface area contributed by atoms with Gasteiger partial charge in [-0.3, -0.25) is 4.98 Å². The lowest BCUT2D eigenvalue weighted by Crippen LogP contribution is -2.38. The summed E-state index contributed by atoms with van der Waals surface area (Å²) in [6.45, 7) is 8.60. The molecule has 160 valence electrons. The summed E-state index contributed by atoms with van der Waals surface area (Å²) in [5.74, 6) is 0.827. The molecular formula is C24H32N4O2. The van der Waals surface area contributed by atoms with Crippen LogP contribution < -0.4 is 10.5 Å². The van der Waals surface area contributed by atoms with Crippen LogP contribution in [0.25, 0.3) is 10.9 Å². The van der Waals surface area contributed by atoms with Crippen molar-refractivity contribution in [1.82, 2.24) is 14.5 Å². The Morgan fingerprint density at radius 3 is 2.73 bits per heavy atom. The molecule has 0 bridgehead atoms. The molecule has 30 heavy (non-hydrogen) atoms. The Bertz CT molecular complexity index is 1030. The van der Waals surface area contributed by atoms with Crippen molar-refractivity contribution < 1.29 is 9.84 Å². The van der Waals surface area contributed by atoms with Gasteiger partial charge in [0.2, 0.25) is 0 Å². The van der Waals surface area contributed by atoms with Gasteiger partial charge in [0.05, 0.1) is 6.54 Å². The number of rotatable bonds is 6. The average Bonchev–Trinajstić information content (AvgIpc) is 2.98. The van der Waals surface area contributed by atoms with Crippen LogP contribution in [0.3, 0.4) is 0 Å². The van der Waals surface area contributed by atoms with Crippen LogP contribution in [0.15, 0.2) is 42.7 Å². The Labute approximate surface area is 178 Å². The monoisotopic (exact) mass is 408 g/mol. The first-order valence-corrected chi connectivity index (χ1v) is 10.5. The first-order chi connectivity index (χ1) is 14.1. The van der Waals surface area contributed by atoms with Crippen LogP contribution >= 0.6 is 0 Å². The van der Waals surface area contributed by atoms with Gasteiger partial charge in [-0.1, -0.05) is 6.07 Å². The van der Waals surface area contributed by atoms with Crippen molar-refractivity contribution in [3.63, 3.8) is 0 Å². The SMILES string of the molecule is CN1CCc2c(c3cc(OCC(C)(C)N)ccc3n2CC(C)(O)c2cccnc2)C1. The molecule has 0 amide bonds. The lowest BCUT2D eigenvalue weighted by molar-refractivity contribution is 0.0381. The largest absolute Gasteiger partial charge is 0.492 e. The summed E-state index contributed by atoms with van der Waals surface area (Å²) in [4.78, 5) is 6.52. The number of likely N-dealkylation sites (N-methyl/N-ethyl adjacent to an activating group) is 1. The second-order valence-electron chi connectivity index (χ2n) is 9.47. The van der Waals surface area contributed by atoms with Gasteiger partial charge in [0.1, 0.15) is 18.0 Å². The lowest BCUT2D eigenvalue weighted by atomic mass is 9.97. The molecule has 3 N–H and O–H groups in total. The van der Waals surface area contributed by atoms with E-state index in [9.17, 15) is 5.11 Å². The molecule has 6 nitrogen and oxygen atoms in total. The van der Waals surface area contributed by atoms with Crippen molar-refractivity contribution >= 4 is 10.9 Å². The molecule has 0 saturated carbocycles. The third kappa shape index (κ3) is 4.21. The number of hydrogen-bond donors (Lipinski definition) is 2. The molecule has 0 fully saturated rings. The highest BCUT2D eigenvalue weighted by molar-refractivity contribution is 5.87. The van der Waals surface area contributed by atoms with Crippen molar-refractivity contribution in [3.05, 3.63) is 59.5 Å². The maximum absolute atomic E-state index is 11.3. The number of aromatic nitrogens is 2. The summed E-state index contributed by atoms with van der Waals surface area (Å²) >= 11 is 0. The minimum Gasteiger partial charge on any atom is -0.492 e. The molecule has 1 aliphatic rings. The van der Waals surface area contributed by atoms with Gasteiger partial charge in [-0.05, 0) is 57.6 Å². The van der Waals surface area contributed by atoms with Gasteiger partial charge >= 0.3 is 0 Å². The van der Waals surface area contributed by atoms with E-state index in [1.54, 1.807) is 12.4 Å². The number of fused-ring (bicyclic) bond motifs is 3. The van der Waals surface area contributed by atoms with Crippen molar-refractivity contribution in [1.29, 1.82) is 0 Å². The molecule has 0 spiro atoms. The van der Waals surface area contributed by atoms with Crippen molar-refractivity contribution in [2.24, 2.45) is 5.73 Å². The maximum atomic E-state index is 11.3. The predicted octanol–water partition coefficient (Wildman–Crippen LogP) is 3.05. The number of hydrogen-bond acceptors (Lipinski definition) is 5. The Balaban J connectivity index is 1.76. The van der Waals surface area contributed by atoms with Gasteiger partial charge < -0.3 is 25.0 Å². The molecule has 4 rings (SSSR count). The van der Waals surface area contributed by atoms with E-state index in [2.05, 4.69) is 33.6 Å². The molecule has 1 atom stereocenters.